The van der Waals surface area contributed by atoms with Crippen molar-refractivity contribution in [3.8, 4) is 0 Å². The topological polar surface area (TPSA) is 44.4 Å². The number of hydrogen-bond donors (Lipinski definition) is 2. The summed E-state index contributed by atoms with van der Waals surface area (Å²) in [5.74, 6) is -0.211. The van der Waals surface area contributed by atoms with E-state index in [0.717, 1.165) is 44.7 Å². The van der Waals surface area contributed by atoms with Gasteiger partial charge in [-0.05, 0) is 43.8 Å². The number of anilines is 1. The molecular formula is C14H19ClF3N3O. The predicted octanol–water partition coefficient (Wildman–Crippen LogP) is 2.36. The number of nitrogens with one attached hydrogen (secondary N) is 2. The van der Waals surface area contributed by atoms with Crippen LogP contribution in [0.1, 0.15) is 12.0 Å². The number of benzene rings is 1. The van der Waals surface area contributed by atoms with E-state index < -0.39 is 11.7 Å². The van der Waals surface area contributed by atoms with Crippen LogP contribution in [0.4, 0.5) is 18.9 Å². The van der Waals surface area contributed by atoms with E-state index in [2.05, 4.69) is 10.6 Å². The van der Waals surface area contributed by atoms with Crippen LogP contribution in [-0.4, -0.2) is 43.5 Å². The van der Waals surface area contributed by atoms with Crippen molar-refractivity contribution in [3.05, 3.63) is 29.8 Å². The van der Waals surface area contributed by atoms with Gasteiger partial charge < -0.3 is 10.6 Å². The highest BCUT2D eigenvalue weighted by atomic mass is 35.5. The van der Waals surface area contributed by atoms with Crippen molar-refractivity contribution in [1.29, 1.82) is 0 Å². The number of halogens is 4. The average molecular weight is 338 g/mol. The summed E-state index contributed by atoms with van der Waals surface area (Å²) >= 11 is 0. The van der Waals surface area contributed by atoms with Crippen LogP contribution in [0, 0.1) is 0 Å². The number of hydrogen-bond acceptors (Lipinski definition) is 3. The first-order valence-electron chi connectivity index (χ1n) is 6.85. The van der Waals surface area contributed by atoms with Gasteiger partial charge in [-0.2, -0.15) is 13.2 Å². The van der Waals surface area contributed by atoms with Crippen LogP contribution in [0.5, 0.6) is 0 Å². The van der Waals surface area contributed by atoms with E-state index >= 15 is 0 Å². The van der Waals surface area contributed by atoms with Crippen molar-refractivity contribution in [2.45, 2.75) is 12.6 Å². The molecule has 0 aliphatic carbocycles. The van der Waals surface area contributed by atoms with Crippen molar-refractivity contribution in [2.24, 2.45) is 0 Å². The van der Waals surface area contributed by atoms with Gasteiger partial charge in [0.05, 0.1) is 12.1 Å². The summed E-state index contributed by atoms with van der Waals surface area (Å²) in [5.41, 5.74) is -0.347. The number of carbonyl (C=O) groups is 1. The van der Waals surface area contributed by atoms with Crippen molar-refractivity contribution in [2.75, 3.05) is 38.0 Å². The summed E-state index contributed by atoms with van der Waals surface area (Å²) in [5, 5.41) is 5.86. The van der Waals surface area contributed by atoms with Crippen molar-refractivity contribution < 1.29 is 18.0 Å². The van der Waals surface area contributed by atoms with Crippen LogP contribution in [-0.2, 0) is 11.0 Å². The Labute approximate surface area is 133 Å². The summed E-state index contributed by atoms with van der Waals surface area (Å²) < 4.78 is 37.3. The van der Waals surface area contributed by atoms with Gasteiger partial charge in [-0.25, -0.2) is 0 Å². The molecule has 124 valence electrons. The predicted molar refractivity (Wildman–Crippen MR) is 81.2 cm³/mol. The third-order valence-electron chi connectivity index (χ3n) is 3.30. The third kappa shape index (κ3) is 5.82. The number of carbonyl (C=O) groups excluding carboxylic acids is 1. The molecule has 1 aromatic rings. The molecule has 22 heavy (non-hydrogen) atoms. The molecule has 1 amide bonds. The molecule has 1 saturated heterocycles. The Balaban J connectivity index is 0.00000242. The van der Waals surface area contributed by atoms with Gasteiger partial charge in [0.15, 0.2) is 0 Å². The Hall–Kier alpha value is -1.31. The van der Waals surface area contributed by atoms with Gasteiger partial charge in [0, 0.05) is 18.8 Å². The normalized spacial score (nSPS) is 16.5. The van der Waals surface area contributed by atoms with Crippen molar-refractivity contribution in [1.82, 2.24) is 10.2 Å². The summed E-state index contributed by atoms with van der Waals surface area (Å²) in [6, 6.07) is 4.46. The third-order valence-corrected chi connectivity index (χ3v) is 3.30. The second-order valence-corrected chi connectivity index (χ2v) is 5.00. The van der Waals surface area contributed by atoms with Gasteiger partial charge in [-0.15, -0.1) is 12.4 Å². The lowest BCUT2D eigenvalue weighted by Gasteiger charge is -2.18. The molecule has 0 unspecified atom stereocenters. The zero-order valence-electron chi connectivity index (χ0n) is 11.9. The number of rotatable bonds is 3. The molecule has 0 radical (unpaired) electrons. The van der Waals surface area contributed by atoms with E-state index in [0.29, 0.717) is 5.69 Å². The van der Waals surface area contributed by atoms with E-state index in [1.54, 1.807) is 0 Å². The molecule has 0 saturated carbocycles. The fourth-order valence-corrected chi connectivity index (χ4v) is 2.21. The van der Waals surface area contributed by atoms with Crippen LogP contribution in [0.25, 0.3) is 0 Å². The number of amides is 1. The molecule has 2 rings (SSSR count). The highest BCUT2D eigenvalue weighted by Gasteiger charge is 2.30. The number of nitrogens with zero attached hydrogens (tertiary/aromatic N) is 1. The Morgan fingerprint density at radius 2 is 1.86 bits per heavy atom. The van der Waals surface area contributed by atoms with Gasteiger partial charge >= 0.3 is 6.18 Å². The zero-order chi connectivity index (χ0) is 15.3. The van der Waals surface area contributed by atoms with Crippen LogP contribution >= 0.6 is 12.4 Å². The molecule has 0 atom stereocenters. The van der Waals surface area contributed by atoms with E-state index in [4.69, 9.17) is 0 Å². The Bertz CT molecular complexity index is 471. The van der Waals surface area contributed by atoms with Gasteiger partial charge in [0.2, 0.25) is 5.91 Å². The molecule has 0 spiro atoms. The quantitative estimate of drug-likeness (QED) is 0.890. The first-order valence-corrected chi connectivity index (χ1v) is 6.85. The zero-order valence-corrected chi connectivity index (χ0v) is 12.8. The standard InChI is InChI=1S/C14H18F3N3O.ClH/c15-14(16,17)11-2-4-12(5-3-11)19-13(21)10-20-8-1-6-18-7-9-20;/h2-5,18H,1,6-10H2,(H,19,21);1H. The van der Waals surface area contributed by atoms with E-state index in [1.807, 2.05) is 4.90 Å². The van der Waals surface area contributed by atoms with Gasteiger partial charge in [0.25, 0.3) is 0 Å². The molecule has 0 aromatic heterocycles. The fourth-order valence-electron chi connectivity index (χ4n) is 2.21. The molecule has 1 aliphatic heterocycles. The lowest BCUT2D eigenvalue weighted by atomic mass is 10.2. The molecule has 1 heterocycles. The van der Waals surface area contributed by atoms with Crippen molar-refractivity contribution in [3.63, 3.8) is 0 Å². The Morgan fingerprint density at radius 1 is 1.18 bits per heavy atom. The molecule has 1 fully saturated rings. The number of alkyl halides is 3. The van der Waals surface area contributed by atoms with Gasteiger partial charge in [0.1, 0.15) is 0 Å². The molecule has 1 aliphatic rings. The fraction of sp³-hybridized carbons (Fsp3) is 0.500. The molecule has 8 heteroatoms. The minimum absolute atomic E-state index is 0. The largest absolute Gasteiger partial charge is 0.416 e. The highest BCUT2D eigenvalue weighted by Crippen LogP contribution is 2.29. The maximum absolute atomic E-state index is 12.4. The minimum atomic E-state index is -4.36. The average Bonchev–Trinajstić information content (AvgIpc) is 2.67. The molecule has 4 nitrogen and oxygen atoms in total. The van der Waals surface area contributed by atoms with Crippen LogP contribution in [0.2, 0.25) is 0 Å². The maximum atomic E-state index is 12.4. The molecule has 0 bridgehead atoms. The summed E-state index contributed by atoms with van der Waals surface area (Å²) in [6.45, 7) is 3.67. The highest BCUT2D eigenvalue weighted by molar-refractivity contribution is 5.92. The summed E-state index contributed by atoms with van der Waals surface area (Å²) in [7, 11) is 0. The lowest BCUT2D eigenvalue weighted by Crippen LogP contribution is -2.35. The van der Waals surface area contributed by atoms with Gasteiger partial charge in [-0.1, -0.05) is 0 Å². The Morgan fingerprint density at radius 3 is 2.50 bits per heavy atom. The van der Waals surface area contributed by atoms with Crippen molar-refractivity contribution >= 4 is 24.0 Å². The minimum Gasteiger partial charge on any atom is -0.325 e. The molecule has 2 N–H and O–H groups in total. The SMILES string of the molecule is Cl.O=C(CN1CCCNCC1)Nc1ccc(C(F)(F)F)cc1. The Kier molecular flexibility index (Phi) is 7.12. The first-order chi connectivity index (χ1) is 9.95. The second-order valence-electron chi connectivity index (χ2n) is 5.00. The van der Waals surface area contributed by atoms with E-state index in [-0.39, 0.29) is 24.9 Å². The van der Waals surface area contributed by atoms with Crippen LogP contribution < -0.4 is 10.6 Å². The molecule has 1 aromatic carbocycles. The van der Waals surface area contributed by atoms with E-state index in [9.17, 15) is 18.0 Å². The first kappa shape index (κ1) is 18.7. The van der Waals surface area contributed by atoms with Crippen LogP contribution in [0.3, 0.4) is 0 Å². The lowest BCUT2D eigenvalue weighted by molar-refractivity contribution is -0.137. The summed E-state index contributed by atoms with van der Waals surface area (Å²) in [4.78, 5) is 13.9. The second kappa shape index (κ2) is 8.36. The maximum Gasteiger partial charge on any atom is 0.416 e. The summed E-state index contributed by atoms with van der Waals surface area (Å²) in [6.07, 6.45) is -3.38. The van der Waals surface area contributed by atoms with Gasteiger partial charge in [-0.3, -0.25) is 9.69 Å². The molecular weight excluding hydrogens is 319 g/mol. The monoisotopic (exact) mass is 337 g/mol. The smallest absolute Gasteiger partial charge is 0.325 e. The van der Waals surface area contributed by atoms with Crippen LogP contribution in [0.15, 0.2) is 24.3 Å². The van der Waals surface area contributed by atoms with E-state index in [1.165, 1.54) is 12.1 Å².